The highest BCUT2D eigenvalue weighted by molar-refractivity contribution is 6.30. The highest BCUT2D eigenvalue weighted by Gasteiger charge is 2.36. The molecule has 1 aromatic heterocycles. The first-order chi connectivity index (χ1) is 21.4. The van der Waals surface area contributed by atoms with Gasteiger partial charge in [0.2, 0.25) is 5.43 Å². The summed E-state index contributed by atoms with van der Waals surface area (Å²) in [5.74, 6) is 0.573. The van der Waals surface area contributed by atoms with Crippen LogP contribution in [-0.2, 0) is 17.6 Å². The van der Waals surface area contributed by atoms with Crippen molar-refractivity contribution in [1.29, 1.82) is 0 Å². The van der Waals surface area contributed by atoms with E-state index in [1.54, 1.807) is 37.4 Å². The van der Waals surface area contributed by atoms with Gasteiger partial charge in [0.15, 0.2) is 11.5 Å². The fourth-order valence-electron chi connectivity index (χ4n) is 6.02. The Morgan fingerprint density at radius 3 is 2.68 bits per heavy atom. The maximum atomic E-state index is 13.7. The zero-order valence-corrected chi connectivity index (χ0v) is 24.5. The van der Waals surface area contributed by atoms with Gasteiger partial charge in [-0.25, -0.2) is 0 Å². The van der Waals surface area contributed by atoms with Crippen molar-refractivity contribution in [3.63, 3.8) is 0 Å². The molecule has 0 saturated carbocycles. The van der Waals surface area contributed by atoms with Crippen LogP contribution in [0.3, 0.4) is 0 Å². The monoisotopic (exact) mass is 610 g/mol. The summed E-state index contributed by atoms with van der Waals surface area (Å²) in [5, 5.41) is 11.5. The molecule has 1 N–H and O–H groups in total. The number of phenols is 1. The van der Waals surface area contributed by atoms with Gasteiger partial charge in [0.1, 0.15) is 34.5 Å². The van der Waals surface area contributed by atoms with E-state index in [2.05, 4.69) is 6.07 Å². The lowest BCUT2D eigenvalue weighted by molar-refractivity contribution is -0.135. The number of para-hydroxylation sites is 1. The number of carbonyl (C=O) groups excluding carboxylic acids is 1. The van der Waals surface area contributed by atoms with Crippen LogP contribution in [0.1, 0.15) is 34.6 Å². The maximum absolute atomic E-state index is 13.7. The maximum Gasteiger partial charge on any atom is 0.312 e. The molecule has 5 aromatic rings. The molecule has 0 unspecified atom stereocenters. The van der Waals surface area contributed by atoms with E-state index in [-0.39, 0.29) is 34.5 Å². The summed E-state index contributed by atoms with van der Waals surface area (Å²) in [6, 6.07) is 19.7. The summed E-state index contributed by atoms with van der Waals surface area (Å²) >= 11 is 6.04. The van der Waals surface area contributed by atoms with Crippen molar-refractivity contribution in [2.45, 2.75) is 25.2 Å². The van der Waals surface area contributed by atoms with Gasteiger partial charge in [-0.05, 0) is 41.0 Å². The molecule has 0 amide bonds. The molecule has 7 rings (SSSR count). The van der Waals surface area contributed by atoms with Gasteiger partial charge in [0.25, 0.3) is 0 Å². The summed E-state index contributed by atoms with van der Waals surface area (Å²) in [6.45, 7) is 1.05. The topological polar surface area (TPSA) is 104 Å². The number of carbonyl (C=O) groups is 1. The van der Waals surface area contributed by atoms with Crippen LogP contribution in [0.15, 0.2) is 82.2 Å². The Labute approximate surface area is 257 Å². The number of hydrogen-bond donors (Lipinski definition) is 1. The molecule has 2 aliphatic rings. The Morgan fingerprint density at radius 1 is 1.02 bits per heavy atom. The number of aromatic hydroxyl groups is 1. The Kier molecular flexibility index (Phi) is 7.14. The molecule has 0 saturated heterocycles. The van der Waals surface area contributed by atoms with Crippen LogP contribution < -0.4 is 24.4 Å². The van der Waals surface area contributed by atoms with Crippen LogP contribution in [0, 0.1) is 0 Å². The first kappa shape index (κ1) is 27.9. The normalized spacial score (nSPS) is 15.3. The summed E-state index contributed by atoms with van der Waals surface area (Å²) in [6.07, 6.45) is 2.85. The van der Waals surface area contributed by atoms with Gasteiger partial charge in [-0.1, -0.05) is 48.0 Å². The predicted octanol–water partition coefficient (Wildman–Crippen LogP) is 6.83. The van der Waals surface area contributed by atoms with Gasteiger partial charge >= 0.3 is 5.97 Å². The molecule has 0 bridgehead atoms. The first-order valence-corrected chi connectivity index (χ1v) is 14.6. The average Bonchev–Trinajstić information content (AvgIpc) is 3.49. The SMILES string of the molecule is COc1cccc([C@H]2CC(=O)Oc3cc(O)c4c(=O)c(-c5ccc(Cl)cc5)coc4c32)c1OCCc1ccc2c(c1)CCO2. The molecule has 8 nitrogen and oxygen atoms in total. The number of ether oxygens (including phenoxy) is 4. The Hall–Kier alpha value is -4.95. The third kappa shape index (κ3) is 4.91. The van der Waals surface area contributed by atoms with Crippen molar-refractivity contribution in [2.24, 2.45) is 0 Å². The van der Waals surface area contributed by atoms with Gasteiger partial charge < -0.3 is 28.5 Å². The molecule has 3 heterocycles. The number of benzene rings is 4. The largest absolute Gasteiger partial charge is 0.507 e. The van der Waals surface area contributed by atoms with Gasteiger partial charge in [0.05, 0.1) is 32.3 Å². The lowest BCUT2D eigenvalue weighted by Crippen LogP contribution is -2.22. The second-order valence-corrected chi connectivity index (χ2v) is 11.2. The van der Waals surface area contributed by atoms with Crippen LogP contribution in [0.2, 0.25) is 5.02 Å². The third-order valence-electron chi connectivity index (χ3n) is 8.12. The predicted molar refractivity (Wildman–Crippen MR) is 165 cm³/mol. The lowest BCUT2D eigenvalue weighted by Gasteiger charge is -2.28. The molecule has 222 valence electrons. The van der Waals surface area contributed by atoms with Crippen molar-refractivity contribution >= 4 is 28.5 Å². The number of fused-ring (bicyclic) bond motifs is 4. The van der Waals surface area contributed by atoms with Crippen LogP contribution in [0.25, 0.3) is 22.1 Å². The van der Waals surface area contributed by atoms with Crippen molar-refractivity contribution in [3.8, 4) is 39.9 Å². The second kappa shape index (κ2) is 11.3. The molecule has 0 spiro atoms. The molecule has 0 fully saturated rings. The third-order valence-corrected chi connectivity index (χ3v) is 8.37. The molecule has 9 heteroatoms. The number of hydrogen-bond acceptors (Lipinski definition) is 8. The summed E-state index contributed by atoms with van der Waals surface area (Å²) in [7, 11) is 1.56. The van der Waals surface area contributed by atoms with E-state index >= 15 is 0 Å². The van der Waals surface area contributed by atoms with Crippen molar-refractivity contribution < 1.29 is 33.3 Å². The lowest BCUT2D eigenvalue weighted by atomic mass is 9.84. The number of rotatable bonds is 7. The Balaban J connectivity index is 1.30. The van der Waals surface area contributed by atoms with E-state index < -0.39 is 17.3 Å². The molecular weight excluding hydrogens is 584 g/mol. The van der Waals surface area contributed by atoms with Crippen molar-refractivity contribution in [3.05, 3.63) is 110 Å². The molecular formula is C35H27ClO8. The van der Waals surface area contributed by atoms with Crippen molar-refractivity contribution in [1.82, 2.24) is 0 Å². The van der Waals surface area contributed by atoms with E-state index in [4.69, 9.17) is 35.0 Å². The summed E-state index contributed by atoms with van der Waals surface area (Å²) < 4.78 is 29.3. The minimum atomic E-state index is -0.610. The van der Waals surface area contributed by atoms with E-state index in [0.29, 0.717) is 52.8 Å². The highest BCUT2D eigenvalue weighted by atomic mass is 35.5. The zero-order valence-electron chi connectivity index (χ0n) is 23.7. The first-order valence-electron chi connectivity index (χ1n) is 14.2. The van der Waals surface area contributed by atoms with Gasteiger partial charge in [-0.3, -0.25) is 9.59 Å². The van der Waals surface area contributed by atoms with Crippen LogP contribution >= 0.6 is 11.6 Å². The van der Waals surface area contributed by atoms with Crippen LogP contribution in [0.5, 0.6) is 28.7 Å². The molecule has 1 atom stereocenters. The Bertz CT molecular complexity index is 1980. The minimum absolute atomic E-state index is 0.00916. The van der Waals surface area contributed by atoms with Crippen LogP contribution in [0.4, 0.5) is 0 Å². The Morgan fingerprint density at radius 2 is 1.86 bits per heavy atom. The fraction of sp³-hybridized carbons (Fsp3) is 0.200. The molecule has 44 heavy (non-hydrogen) atoms. The minimum Gasteiger partial charge on any atom is -0.507 e. The highest BCUT2D eigenvalue weighted by Crippen LogP contribution is 2.49. The van der Waals surface area contributed by atoms with Gasteiger partial charge in [-0.15, -0.1) is 0 Å². The smallest absolute Gasteiger partial charge is 0.312 e. The van der Waals surface area contributed by atoms with Crippen LogP contribution in [-0.4, -0.2) is 31.4 Å². The summed E-state index contributed by atoms with van der Waals surface area (Å²) in [4.78, 5) is 26.6. The van der Waals surface area contributed by atoms with E-state index in [1.165, 1.54) is 17.9 Å². The molecule has 0 radical (unpaired) electrons. The second-order valence-electron chi connectivity index (χ2n) is 10.7. The van der Waals surface area contributed by atoms with Crippen molar-refractivity contribution in [2.75, 3.05) is 20.3 Å². The molecule has 4 aromatic carbocycles. The van der Waals surface area contributed by atoms with Gasteiger partial charge in [-0.2, -0.15) is 0 Å². The zero-order chi connectivity index (χ0) is 30.4. The average molecular weight is 611 g/mol. The van der Waals surface area contributed by atoms with E-state index in [0.717, 1.165) is 17.7 Å². The fourth-order valence-corrected chi connectivity index (χ4v) is 6.14. The molecule has 2 aliphatic heterocycles. The number of esters is 1. The number of phenolic OH excluding ortho intramolecular Hbond substituents is 1. The van der Waals surface area contributed by atoms with E-state index in [1.807, 2.05) is 24.3 Å². The number of halogens is 1. The molecule has 0 aliphatic carbocycles. The standard InChI is InChI=1S/C35H27ClO8/c1-40-28-4-2-3-23(34(28)42-13-11-19-5-10-27-21(15-19)12-14-41-27)24-16-30(38)44-29-17-26(37)32-33(39)25(18-43-35(32)31(24)29)20-6-8-22(36)9-7-20/h2-10,15,17-18,24,37H,11-14,16H2,1H3/t24-/m1/s1. The number of methoxy groups -OCH3 is 1. The van der Waals surface area contributed by atoms with Gasteiger partial charge in [0, 0.05) is 41.0 Å². The van der Waals surface area contributed by atoms with E-state index in [9.17, 15) is 14.7 Å². The quantitative estimate of drug-likeness (QED) is 0.158. The summed E-state index contributed by atoms with van der Waals surface area (Å²) in [5.41, 5.74) is 4.00.